The van der Waals surface area contributed by atoms with E-state index >= 15 is 0 Å². The van der Waals surface area contributed by atoms with E-state index in [4.69, 9.17) is 11.5 Å². The minimum atomic E-state index is 0.250. The second-order valence-electron chi connectivity index (χ2n) is 5.16. The summed E-state index contributed by atoms with van der Waals surface area (Å²) < 4.78 is 0. The van der Waals surface area contributed by atoms with E-state index in [1.54, 1.807) is 0 Å². The number of rotatable bonds is 3. The third-order valence-corrected chi connectivity index (χ3v) is 2.92. The molecule has 0 saturated carbocycles. The first-order valence-corrected chi connectivity index (χ1v) is 6.18. The van der Waals surface area contributed by atoms with Crippen molar-refractivity contribution in [2.75, 3.05) is 23.7 Å². The first-order chi connectivity index (χ1) is 8.04. The number of aromatic nitrogens is 2. The lowest BCUT2D eigenvalue weighted by atomic mass is 10.1. The molecule has 1 saturated heterocycles. The Morgan fingerprint density at radius 2 is 2.24 bits per heavy atom. The fraction of sp³-hybridized carbons (Fsp3) is 0.667. The third-order valence-electron chi connectivity index (χ3n) is 2.92. The Hall–Kier alpha value is -1.36. The van der Waals surface area contributed by atoms with Crippen LogP contribution in [0.25, 0.3) is 0 Å². The number of nitrogens with zero attached hydrogens (tertiary/aromatic N) is 3. The van der Waals surface area contributed by atoms with Gasteiger partial charge in [0.2, 0.25) is 0 Å². The molecular formula is C12H21N5. The summed E-state index contributed by atoms with van der Waals surface area (Å²) in [6.45, 7) is 6.12. The zero-order valence-electron chi connectivity index (χ0n) is 10.6. The predicted molar refractivity (Wildman–Crippen MR) is 69.8 cm³/mol. The van der Waals surface area contributed by atoms with Gasteiger partial charge in [0.1, 0.15) is 17.5 Å². The van der Waals surface area contributed by atoms with E-state index in [1.807, 2.05) is 6.07 Å². The molecule has 94 valence electrons. The van der Waals surface area contributed by atoms with Crippen LogP contribution in [0, 0.1) is 5.92 Å². The van der Waals surface area contributed by atoms with Crippen molar-refractivity contribution in [3.63, 3.8) is 0 Å². The molecule has 1 aliphatic rings. The first kappa shape index (κ1) is 12.1. The standard InChI is InChI=1S/C12H21N5/c1-8(2)5-11-15-10(14)6-12(16-11)17-4-3-9(13)7-17/h6,8-9H,3-5,7,13H2,1-2H3,(H2,14,15,16). The number of nitrogen functional groups attached to an aromatic ring is 1. The van der Waals surface area contributed by atoms with E-state index in [2.05, 4.69) is 28.7 Å². The van der Waals surface area contributed by atoms with Crippen LogP contribution in [0.1, 0.15) is 26.1 Å². The highest BCUT2D eigenvalue weighted by molar-refractivity contribution is 5.48. The van der Waals surface area contributed by atoms with Crippen molar-refractivity contribution in [1.29, 1.82) is 0 Å². The molecule has 0 bridgehead atoms. The summed E-state index contributed by atoms with van der Waals surface area (Å²) >= 11 is 0. The number of hydrogen-bond acceptors (Lipinski definition) is 5. The van der Waals surface area contributed by atoms with Crippen LogP contribution in [-0.4, -0.2) is 29.1 Å². The average molecular weight is 235 g/mol. The molecule has 0 radical (unpaired) electrons. The zero-order valence-corrected chi connectivity index (χ0v) is 10.6. The van der Waals surface area contributed by atoms with Crippen LogP contribution in [0.4, 0.5) is 11.6 Å². The lowest BCUT2D eigenvalue weighted by molar-refractivity contribution is 0.620. The largest absolute Gasteiger partial charge is 0.384 e. The average Bonchev–Trinajstić information content (AvgIpc) is 2.62. The zero-order chi connectivity index (χ0) is 12.4. The van der Waals surface area contributed by atoms with Crippen molar-refractivity contribution in [3.8, 4) is 0 Å². The van der Waals surface area contributed by atoms with Gasteiger partial charge in [0.05, 0.1) is 0 Å². The molecule has 1 atom stereocenters. The van der Waals surface area contributed by atoms with Gasteiger partial charge in [-0.1, -0.05) is 13.8 Å². The Labute approximate surface area is 102 Å². The van der Waals surface area contributed by atoms with Gasteiger partial charge in [0, 0.05) is 31.6 Å². The van der Waals surface area contributed by atoms with Crippen LogP contribution in [0.15, 0.2) is 6.07 Å². The Morgan fingerprint density at radius 1 is 1.47 bits per heavy atom. The van der Waals surface area contributed by atoms with Crippen LogP contribution in [0.5, 0.6) is 0 Å². The summed E-state index contributed by atoms with van der Waals surface area (Å²) in [7, 11) is 0. The fourth-order valence-electron chi connectivity index (χ4n) is 2.12. The lowest BCUT2D eigenvalue weighted by Gasteiger charge is -2.18. The summed E-state index contributed by atoms with van der Waals surface area (Å²) in [4.78, 5) is 11.0. The lowest BCUT2D eigenvalue weighted by Crippen LogP contribution is -2.27. The molecule has 1 unspecified atom stereocenters. The van der Waals surface area contributed by atoms with Gasteiger partial charge in [-0.05, 0) is 12.3 Å². The molecule has 2 heterocycles. The van der Waals surface area contributed by atoms with E-state index in [0.717, 1.165) is 37.6 Å². The quantitative estimate of drug-likeness (QED) is 0.809. The molecule has 2 rings (SSSR count). The van der Waals surface area contributed by atoms with Crippen LogP contribution in [-0.2, 0) is 6.42 Å². The van der Waals surface area contributed by atoms with Crippen molar-refractivity contribution >= 4 is 11.6 Å². The smallest absolute Gasteiger partial charge is 0.134 e. The molecule has 5 heteroatoms. The summed E-state index contributed by atoms with van der Waals surface area (Å²) in [5, 5.41) is 0. The highest BCUT2D eigenvalue weighted by Gasteiger charge is 2.21. The molecule has 1 aliphatic heterocycles. The van der Waals surface area contributed by atoms with Gasteiger partial charge in [-0.25, -0.2) is 9.97 Å². The van der Waals surface area contributed by atoms with Crippen LogP contribution >= 0.6 is 0 Å². The van der Waals surface area contributed by atoms with Gasteiger partial charge in [0.25, 0.3) is 0 Å². The molecule has 1 aromatic heterocycles. The highest BCUT2D eigenvalue weighted by atomic mass is 15.2. The minimum Gasteiger partial charge on any atom is -0.384 e. The summed E-state index contributed by atoms with van der Waals surface area (Å²) in [6.07, 6.45) is 1.88. The van der Waals surface area contributed by atoms with Crippen molar-refractivity contribution in [2.45, 2.75) is 32.7 Å². The molecule has 0 aromatic carbocycles. The van der Waals surface area contributed by atoms with Crippen molar-refractivity contribution in [2.24, 2.45) is 11.7 Å². The van der Waals surface area contributed by atoms with Gasteiger partial charge in [-0.15, -0.1) is 0 Å². The van der Waals surface area contributed by atoms with Gasteiger partial charge < -0.3 is 16.4 Å². The minimum absolute atomic E-state index is 0.250. The third kappa shape index (κ3) is 3.06. The van der Waals surface area contributed by atoms with Gasteiger partial charge in [0.15, 0.2) is 0 Å². The van der Waals surface area contributed by atoms with Crippen molar-refractivity contribution in [1.82, 2.24) is 9.97 Å². The van der Waals surface area contributed by atoms with E-state index in [0.29, 0.717) is 11.7 Å². The maximum atomic E-state index is 5.90. The van der Waals surface area contributed by atoms with E-state index in [-0.39, 0.29) is 6.04 Å². The molecule has 1 fully saturated rings. The van der Waals surface area contributed by atoms with Gasteiger partial charge in [-0.2, -0.15) is 0 Å². The maximum absolute atomic E-state index is 5.90. The molecule has 0 spiro atoms. The normalized spacial score (nSPS) is 20.2. The Morgan fingerprint density at radius 3 is 2.82 bits per heavy atom. The molecule has 1 aromatic rings. The number of anilines is 2. The van der Waals surface area contributed by atoms with E-state index in [9.17, 15) is 0 Å². The molecule has 0 aliphatic carbocycles. The molecule has 0 amide bonds. The Bertz CT molecular complexity index is 390. The molecule has 4 N–H and O–H groups in total. The van der Waals surface area contributed by atoms with Crippen LogP contribution < -0.4 is 16.4 Å². The topological polar surface area (TPSA) is 81.1 Å². The SMILES string of the molecule is CC(C)Cc1nc(N)cc(N2CCC(N)C2)n1. The second-order valence-corrected chi connectivity index (χ2v) is 5.16. The van der Waals surface area contributed by atoms with E-state index in [1.165, 1.54) is 0 Å². The monoisotopic (exact) mass is 235 g/mol. The second kappa shape index (κ2) is 4.87. The first-order valence-electron chi connectivity index (χ1n) is 6.18. The van der Waals surface area contributed by atoms with Gasteiger partial charge in [-0.3, -0.25) is 0 Å². The summed E-state index contributed by atoms with van der Waals surface area (Å²) in [5.41, 5.74) is 11.7. The highest BCUT2D eigenvalue weighted by Crippen LogP contribution is 2.20. The predicted octanol–water partition coefficient (Wildman–Crippen LogP) is 0.795. The molecular weight excluding hydrogens is 214 g/mol. The van der Waals surface area contributed by atoms with E-state index < -0.39 is 0 Å². The van der Waals surface area contributed by atoms with Crippen LogP contribution in [0.2, 0.25) is 0 Å². The van der Waals surface area contributed by atoms with Gasteiger partial charge >= 0.3 is 0 Å². The summed E-state index contributed by atoms with van der Waals surface area (Å²) in [6, 6.07) is 2.08. The summed E-state index contributed by atoms with van der Waals surface area (Å²) in [5.74, 6) is 2.83. The maximum Gasteiger partial charge on any atom is 0.134 e. The van der Waals surface area contributed by atoms with Crippen molar-refractivity contribution in [3.05, 3.63) is 11.9 Å². The molecule has 5 nitrogen and oxygen atoms in total. The van der Waals surface area contributed by atoms with Crippen LogP contribution in [0.3, 0.4) is 0 Å². The Kier molecular flexibility index (Phi) is 3.47. The molecule has 17 heavy (non-hydrogen) atoms. The van der Waals surface area contributed by atoms with Crippen molar-refractivity contribution < 1.29 is 0 Å². The Balaban J connectivity index is 2.19. The number of nitrogens with two attached hydrogens (primary N) is 2. The number of hydrogen-bond donors (Lipinski definition) is 2. The fourth-order valence-corrected chi connectivity index (χ4v) is 2.12.